The zero-order valence-corrected chi connectivity index (χ0v) is 19.5. The maximum atomic E-state index is 13.5. The van der Waals surface area contributed by atoms with Crippen LogP contribution in [0.1, 0.15) is 20.3 Å². The van der Waals surface area contributed by atoms with E-state index in [1.165, 1.54) is 18.5 Å². The molecule has 0 unspecified atom stereocenters. The number of halogens is 2. The SMILES string of the molecule is CCP(=O)(CC)CCCOc1cc2c(Nc3ccc(F)c(Cl)c3)ncnc2cc1OC. The van der Waals surface area contributed by atoms with E-state index in [9.17, 15) is 8.96 Å². The van der Waals surface area contributed by atoms with Gasteiger partial charge in [-0.1, -0.05) is 25.4 Å². The van der Waals surface area contributed by atoms with Gasteiger partial charge in [0.25, 0.3) is 0 Å². The van der Waals surface area contributed by atoms with E-state index in [-0.39, 0.29) is 5.02 Å². The van der Waals surface area contributed by atoms with E-state index in [4.69, 9.17) is 21.1 Å². The van der Waals surface area contributed by atoms with E-state index in [1.54, 1.807) is 25.3 Å². The minimum atomic E-state index is -2.09. The Morgan fingerprint density at radius 2 is 1.90 bits per heavy atom. The van der Waals surface area contributed by atoms with Crippen LogP contribution in [0.3, 0.4) is 0 Å². The number of anilines is 2. The van der Waals surface area contributed by atoms with Gasteiger partial charge in [-0.15, -0.1) is 0 Å². The predicted molar refractivity (Wildman–Crippen MR) is 124 cm³/mol. The molecule has 1 aromatic heterocycles. The number of nitrogens with zero attached hydrogens (tertiary/aromatic N) is 2. The van der Waals surface area contributed by atoms with Crippen molar-refractivity contribution in [2.24, 2.45) is 0 Å². The third-order valence-corrected chi connectivity index (χ3v) is 8.95. The summed E-state index contributed by atoms with van der Waals surface area (Å²) in [6.07, 6.45) is 4.22. The minimum absolute atomic E-state index is 0.0190. The molecule has 0 aliphatic carbocycles. The van der Waals surface area contributed by atoms with Crippen LogP contribution in [0.25, 0.3) is 10.9 Å². The van der Waals surface area contributed by atoms with Crippen LogP contribution in [-0.2, 0) is 4.57 Å². The van der Waals surface area contributed by atoms with Gasteiger partial charge in [0, 0.05) is 23.3 Å². The third-order valence-electron chi connectivity index (χ3n) is 5.22. The Morgan fingerprint density at radius 3 is 2.58 bits per heavy atom. The Labute approximate surface area is 186 Å². The molecule has 2 aromatic carbocycles. The molecule has 3 rings (SSSR count). The molecule has 0 fully saturated rings. The van der Waals surface area contributed by atoms with Crippen molar-refractivity contribution in [1.82, 2.24) is 9.97 Å². The average Bonchev–Trinajstić information content (AvgIpc) is 2.78. The first-order valence-electron chi connectivity index (χ1n) is 10.1. The molecule has 0 amide bonds. The van der Waals surface area contributed by atoms with Crippen LogP contribution in [0.5, 0.6) is 11.5 Å². The smallest absolute Gasteiger partial charge is 0.162 e. The molecule has 3 aromatic rings. The van der Waals surface area contributed by atoms with Gasteiger partial charge in [-0.05, 0) is 43.0 Å². The second-order valence-electron chi connectivity index (χ2n) is 7.11. The second-order valence-corrected chi connectivity index (χ2v) is 11.3. The van der Waals surface area contributed by atoms with Gasteiger partial charge in [0.05, 0.1) is 31.4 Å². The summed E-state index contributed by atoms with van der Waals surface area (Å²) in [4.78, 5) is 8.62. The van der Waals surface area contributed by atoms with E-state index in [2.05, 4.69) is 15.3 Å². The molecule has 0 saturated heterocycles. The summed E-state index contributed by atoms with van der Waals surface area (Å²) in [5.41, 5.74) is 1.26. The molecule has 1 N–H and O–H groups in total. The summed E-state index contributed by atoms with van der Waals surface area (Å²) in [6.45, 7) is 4.37. The van der Waals surface area contributed by atoms with Crippen LogP contribution in [-0.4, -0.2) is 42.2 Å². The van der Waals surface area contributed by atoms with Gasteiger partial charge < -0.3 is 19.4 Å². The molecule has 0 spiro atoms. The summed E-state index contributed by atoms with van der Waals surface area (Å²) < 4.78 is 37.5. The summed E-state index contributed by atoms with van der Waals surface area (Å²) in [5.74, 6) is 1.14. The number of aromatic nitrogens is 2. The Bertz CT molecular complexity index is 1100. The molecule has 0 saturated carbocycles. The first-order chi connectivity index (χ1) is 14.9. The van der Waals surface area contributed by atoms with Crippen LogP contribution in [0.15, 0.2) is 36.7 Å². The number of fused-ring (bicyclic) bond motifs is 1. The number of rotatable bonds is 10. The van der Waals surface area contributed by atoms with E-state index in [1.807, 2.05) is 13.8 Å². The standard InChI is InChI=1S/C22H26ClFN3O3P/c1-4-31(28,5-2)10-6-9-30-21-12-16-19(13-20(21)29-3)25-14-26-22(16)27-15-7-8-18(24)17(23)11-15/h7-8,11-14H,4-6,9-10H2,1-3H3,(H,25,26,27). The lowest BCUT2D eigenvalue weighted by Crippen LogP contribution is -2.05. The molecule has 0 radical (unpaired) electrons. The van der Waals surface area contributed by atoms with Crippen LogP contribution in [0.4, 0.5) is 15.9 Å². The van der Waals surface area contributed by atoms with Gasteiger partial charge in [-0.3, -0.25) is 0 Å². The van der Waals surface area contributed by atoms with Gasteiger partial charge in [-0.25, -0.2) is 14.4 Å². The monoisotopic (exact) mass is 465 g/mol. The molecular formula is C22H26ClFN3O3P. The van der Waals surface area contributed by atoms with Crippen molar-refractivity contribution < 1.29 is 18.4 Å². The second kappa shape index (κ2) is 10.3. The highest BCUT2D eigenvalue weighted by molar-refractivity contribution is 7.63. The molecule has 0 aliphatic rings. The normalized spacial score (nSPS) is 11.5. The van der Waals surface area contributed by atoms with Gasteiger partial charge in [0.2, 0.25) is 0 Å². The number of hydrogen-bond donors (Lipinski definition) is 1. The van der Waals surface area contributed by atoms with Crippen molar-refractivity contribution >= 4 is 41.2 Å². The highest BCUT2D eigenvalue weighted by Crippen LogP contribution is 2.45. The fraction of sp³-hybridized carbons (Fsp3) is 0.364. The first-order valence-corrected chi connectivity index (χ1v) is 12.8. The van der Waals surface area contributed by atoms with Gasteiger partial charge in [0.1, 0.15) is 18.0 Å². The van der Waals surface area contributed by atoms with Crippen molar-refractivity contribution in [3.05, 3.63) is 47.5 Å². The Hall–Kier alpha value is -2.37. The van der Waals surface area contributed by atoms with E-state index in [0.29, 0.717) is 65.4 Å². The van der Waals surface area contributed by atoms with Crippen LogP contribution < -0.4 is 14.8 Å². The zero-order chi connectivity index (χ0) is 22.4. The van der Waals surface area contributed by atoms with Crippen LogP contribution in [0, 0.1) is 5.82 Å². The predicted octanol–water partition coefficient (Wildman–Crippen LogP) is 6.35. The molecule has 0 atom stereocenters. The fourth-order valence-electron chi connectivity index (χ4n) is 3.22. The average molecular weight is 466 g/mol. The van der Waals surface area contributed by atoms with E-state index in [0.717, 1.165) is 0 Å². The van der Waals surface area contributed by atoms with Crippen molar-refractivity contribution in [2.45, 2.75) is 20.3 Å². The van der Waals surface area contributed by atoms with Crippen molar-refractivity contribution in [2.75, 3.05) is 37.5 Å². The Kier molecular flexibility index (Phi) is 7.74. The first kappa shape index (κ1) is 23.3. The molecular weight excluding hydrogens is 440 g/mol. The summed E-state index contributed by atoms with van der Waals surface area (Å²) in [5, 5.41) is 3.88. The van der Waals surface area contributed by atoms with Crippen molar-refractivity contribution in [3.8, 4) is 11.5 Å². The van der Waals surface area contributed by atoms with Gasteiger partial charge in [-0.2, -0.15) is 0 Å². The summed E-state index contributed by atoms with van der Waals surface area (Å²) in [6, 6.07) is 7.94. The van der Waals surface area contributed by atoms with Crippen LogP contribution >= 0.6 is 18.7 Å². The molecule has 9 heteroatoms. The maximum Gasteiger partial charge on any atom is 0.162 e. The molecule has 0 bridgehead atoms. The molecule has 31 heavy (non-hydrogen) atoms. The van der Waals surface area contributed by atoms with Crippen molar-refractivity contribution in [3.63, 3.8) is 0 Å². The number of methoxy groups -OCH3 is 1. The largest absolute Gasteiger partial charge is 0.493 e. The minimum Gasteiger partial charge on any atom is -0.493 e. The third kappa shape index (κ3) is 5.66. The number of nitrogens with one attached hydrogen (secondary N) is 1. The maximum absolute atomic E-state index is 13.5. The zero-order valence-electron chi connectivity index (χ0n) is 17.8. The highest BCUT2D eigenvalue weighted by atomic mass is 35.5. The molecule has 166 valence electrons. The molecule has 0 aliphatic heterocycles. The van der Waals surface area contributed by atoms with Crippen LogP contribution in [0.2, 0.25) is 5.02 Å². The quantitative estimate of drug-likeness (QED) is 0.278. The fourth-order valence-corrected chi connectivity index (χ4v) is 5.19. The lowest BCUT2D eigenvalue weighted by Gasteiger charge is -2.16. The Morgan fingerprint density at radius 1 is 1.13 bits per heavy atom. The van der Waals surface area contributed by atoms with Crippen molar-refractivity contribution in [1.29, 1.82) is 0 Å². The molecule has 1 heterocycles. The van der Waals surface area contributed by atoms with E-state index < -0.39 is 13.0 Å². The van der Waals surface area contributed by atoms with Gasteiger partial charge in [0.15, 0.2) is 11.5 Å². The number of ether oxygens (including phenoxy) is 2. The highest BCUT2D eigenvalue weighted by Gasteiger charge is 2.17. The summed E-state index contributed by atoms with van der Waals surface area (Å²) >= 11 is 5.88. The lowest BCUT2D eigenvalue weighted by atomic mass is 10.2. The van der Waals surface area contributed by atoms with Gasteiger partial charge >= 0.3 is 0 Å². The molecule has 6 nitrogen and oxygen atoms in total. The topological polar surface area (TPSA) is 73.3 Å². The van der Waals surface area contributed by atoms with E-state index >= 15 is 0 Å². The number of hydrogen-bond acceptors (Lipinski definition) is 6. The number of benzene rings is 2. The summed E-state index contributed by atoms with van der Waals surface area (Å²) in [7, 11) is -0.527. The Balaban J connectivity index is 1.84. The lowest BCUT2D eigenvalue weighted by molar-refractivity contribution is 0.295.